The summed E-state index contributed by atoms with van der Waals surface area (Å²) < 4.78 is 28.8. The van der Waals surface area contributed by atoms with E-state index in [0.717, 1.165) is 27.4 Å². The standard InChI is InChI=1S/C33H23FN4O3/c1-40-29-14-7-15-30-26(29)17-31(41-30)32-36-27-12-4-2-11-25(27)33(39)38(32)35-18-22-20-37(28-13-5-3-10-24(22)28)19-21-8-6-9-23(34)16-21/h2-18,20H,19H2,1H3. The molecule has 0 amide bonds. The van der Waals surface area contributed by atoms with Crippen molar-refractivity contribution in [2.75, 3.05) is 7.11 Å². The molecule has 0 fully saturated rings. The number of methoxy groups -OCH3 is 1. The summed E-state index contributed by atoms with van der Waals surface area (Å²) in [6, 6.07) is 28.9. The third-order valence-corrected chi connectivity index (χ3v) is 7.09. The highest BCUT2D eigenvalue weighted by molar-refractivity contribution is 5.99. The number of nitrogens with zero attached hydrogens (tertiary/aromatic N) is 4. The summed E-state index contributed by atoms with van der Waals surface area (Å²) in [5, 5.41) is 6.81. The van der Waals surface area contributed by atoms with Gasteiger partial charge in [0, 0.05) is 29.2 Å². The van der Waals surface area contributed by atoms with Crippen LogP contribution in [0.25, 0.3) is 44.4 Å². The topological polar surface area (TPSA) is 74.6 Å². The molecule has 0 radical (unpaired) electrons. The van der Waals surface area contributed by atoms with Gasteiger partial charge in [-0.1, -0.05) is 48.5 Å². The monoisotopic (exact) mass is 542 g/mol. The van der Waals surface area contributed by atoms with Crippen LogP contribution in [0.5, 0.6) is 5.75 Å². The van der Waals surface area contributed by atoms with Crippen molar-refractivity contribution in [2.45, 2.75) is 6.54 Å². The van der Waals surface area contributed by atoms with Gasteiger partial charge in [-0.05, 0) is 54.1 Å². The molecule has 0 N–H and O–H groups in total. The number of furan rings is 1. The van der Waals surface area contributed by atoms with E-state index < -0.39 is 0 Å². The molecule has 0 unspecified atom stereocenters. The molecule has 3 aromatic heterocycles. The van der Waals surface area contributed by atoms with Crippen molar-refractivity contribution in [1.82, 2.24) is 14.2 Å². The lowest BCUT2D eigenvalue weighted by molar-refractivity contribution is 0.419. The summed E-state index contributed by atoms with van der Waals surface area (Å²) in [7, 11) is 1.60. The van der Waals surface area contributed by atoms with Crippen LogP contribution in [0.2, 0.25) is 0 Å². The van der Waals surface area contributed by atoms with E-state index in [-0.39, 0.29) is 17.2 Å². The number of fused-ring (bicyclic) bond motifs is 3. The Morgan fingerprint density at radius 1 is 0.927 bits per heavy atom. The molecule has 8 heteroatoms. The van der Waals surface area contributed by atoms with Gasteiger partial charge in [0.15, 0.2) is 5.76 Å². The molecule has 0 aliphatic carbocycles. The highest BCUT2D eigenvalue weighted by Crippen LogP contribution is 2.33. The van der Waals surface area contributed by atoms with Gasteiger partial charge in [0.25, 0.3) is 5.56 Å². The summed E-state index contributed by atoms with van der Waals surface area (Å²) in [5.74, 6) is 1.03. The average Bonchev–Trinajstić information content (AvgIpc) is 3.58. The van der Waals surface area contributed by atoms with Crippen LogP contribution >= 0.6 is 0 Å². The summed E-state index contributed by atoms with van der Waals surface area (Å²) in [4.78, 5) is 18.5. The Bertz CT molecular complexity index is 2170. The second-order valence-electron chi connectivity index (χ2n) is 9.66. The molecule has 7 rings (SSSR count). The zero-order chi connectivity index (χ0) is 27.9. The minimum atomic E-state index is -0.322. The number of hydrogen-bond acceptors (Lipinski definition) is 5. The smallest absolute Gasteiger partial charge is 0.282 e. The highest BCUT2D eigenvalue weighted by atomic mass is 19.1. The fourth-order valence-corrected chi connectivity index (χ4v) is 5.17. The maximum absolute atomic E-state index is 13.9. The number of benzene rings is 4. The quantitative estimate of drug-likeness (QED) is 0.216. The Labute approximate surface area is 233 Å². The van der Waals surface area contributed by atoms with Crippen LogP contribution in [0, 0.1) is 5.82 Å². The van der Waals surface area contributed by atoms with E-state index in [1.165, 1.54) is 16.8 Å². The van der Waals surface area contributed by atoms with Crippen molar-refractivity contribution in [3.63, 3.8) is 0 Å². The number of para-hydroxylation sites is 2. The predicted molar refractivity (Wildman–Crippen MR) is 158 cm³/mol. The maximum Gasteiger partial charge on any atom is 0.282 e. The molecular weight excluding hydrogens is 519 g/mol. The zero-order valence-electron chi connectivity index (χ0n) is 22.0. The third kappa shape index (κ3) is 4.35. The molecule has 0 aliphatic heterocycles. The van der Waals surface area contributed by atoms with E-state index in [1.807, 2.05) is 71.4 Å². The van der Waals surface area contributed by atoms with Gasteiger partial charge in [-0.15, -0.1) is 0 Å². The minimum absolute atomic E-state index is 0.270. The van der Waals surface area contributed by atoms with Gasteiger partial charge in [-0.25, -0.2) is 9.37 Å². The lowest BCUT2D eigenvalue weighted by atomic mass is 10.2. The van der Waals surface area contributed by atoms with E-state index >= 15 is 0 Å². The number of halogens is 1. The normalized spacial score (nSPS) is 11.8. The minimum Gasteiger partial charge on any atom is -0.496 e. The van der Waals surface area contributed by atoms with Gasteiger partial charge < -0.3 is 13.7 Å². The lowest BCUT2D eigenvalue weighted by Gasteiger charge is -2.07. The molecule has 7 aromatic rings. The van der Waals surface area contributed by atoms with E-state index in [2.05, 4.69) is 5.10 Å². The Balaban J connectivity index is 1.38. The molecule has 7 nitrogen and oxygen atoms in total. The Morgan fingerprint density at radius 2 is 1.73 bits per heavy atom. The van der Waals surface area contributed by atoms with Gasteiger partial charge in [0.1, 0.15) is 17.1 Å². The first-order valence-corrected chi connectivity index (χ1v) is 13.0. The third-order valence-electron chi connectivity index (χ3n) is 7.09. The second-order valence-corrected chi connectivity index (χ2v) is 9.66. The molecule has 0 saturated carbocycles. The van der Waals surface area contributed by atoms with Crippen molar-refractivity contribution < 1.29 is 13.5 Å². The molecule has 0 atom stereocenters. The first-order chi connectivity index (χ1) is 20.1. The molecular formula is C33H23FN4O3. The lowest BCUT2D eigenvalue weighted by Crippen LogP contribution is -2.20. The van der Waals surface area contributed by atoms with Crippen LogP contribution in [-0.4, -0.2) is 27.6 Å². The van der Waals surface area contributed by atoms with Crippen molar-refractivity contribution in [3.05, 3.63) is 131 Å². The number of aromatic nitrogens is 3. The second kappa shape index (κ2) is 9.91. The van der Waals surface area contributed by atoms with Crippen LogP contribution in [0.4, 0.5) is 4.39 Å². The molecule has 0 saturated heterocycles. The molecule has 0 aliphatic rings. The molecule has 0 bridgehead atoms. The Kier molecular flexibility index (Phi) is 5.93. The largest absolute Gasteiger partial charge is 0.496 e. The van der Waals surface area contributed by atoms with Gasteiger partial charge in [0.2, 0.25) is 5.82 Å². The van der Waals surface area contributed by atoms with Gasteiger partial charge in [-0.3, -0.25) is 4.79 Å². The van der Waals surface area contributed by atoms with Crippen LogP contribution < -0.4 is 10.3 Å². The van der Waals surface area contributed by atoms with Gasteiger partial charge in [0.05, 0.1) is 29.6 Å². The fraction of sp³-hybridized carbons (Fsp3) is 0.0606. The Hall–Kier alpha value is -5.50. The van der Waals surface area contributed by atoms with Crippen LogP contribution in [0.3, 0.4) is 0 Å². The fourth-order valence-electron chi connectivity index (χ4n) is 5.17. The molecule has 0 spiro atoms. The van der Waals surface area contributed by atoms with Gasteiger partial charge >= 0.3 is 0 Å². The zero-order valence-corrected chi connectivity index (χ0v) is 22.0. The van der Waals surface area contributed by atoms with E-state index in [0.29, 0.717) is 34.5 Å². The molecule has 200 valence electrons. The summed E-state index contributed by atoms with van der Waals surface area (Å²) in [5.41, 5.74) is 3.43. The average molecular weight is 543 g/mol. The van der Waals surface area contributed by atoms with E-state index in [9.17, 15) is 9.18 Å². The Morgan fingerprint density at radius 3 is 2.59 bits per heavy atom. The molecule has 3 heterocycles. The van der Waals surface area contributed by atoms with Crippen molar-refractivity contribution in [3.8, 4) is 17.3 Å². The molecule has 4 aromatic carbocycles. The van der Waals surface area contributed by atoms with E-state index in [4.69, 9.17) is 14.1 Å². The number of hydrogen-bond donors (Lipinski definition) is 0. The first-order valence-electron chi connectivity index (χ1n) is 13.0. The summed E-state index contributed by atoms with van der Waals surface area (Å²) in [6.07, 6.45) is 3.60. The van der Waals surface area contributed by atoms with E-state index in [1.54, 1.807) is 37.6 Å². The SMILES string of the molecule is COc1cccc2oc(-c3nc4ccccc4c(=O)n3N=Cc3cn(Cc4cccc(F)c4)c4ccccc34)cc12. The number of rotatable bonds is 6. The molecule has 41 heavy (non-hydrogen) atoms. The van der Waals surface area contributed by atoms with Crippen LogP contribution in [0.1, 0.15) is 11.1 Å². The van der Waals surface area contributed by atoms with Crippen LogP contribution in [-0.2, 0) is 6.54 Å². The maximum atomic E-state index is 13.9. The highest BCUT2D eigenvalue weighted by Gasteiger charge is 2.18. The first kappa shape index (κ1) is 24.5. The van der Waals surface area contributed by atoms with Crippen molar-refractivity contribution >= 4 is 39.0 Å². The predicted octanol–water partition coefficient (Wildman–Crippen LogP) is 6.84. The summed E-state index contributed by atoms with van der Waals surface area (Å²) >= 11 is 0. The van der Waals surface area contributed by atoms with Crippen molar-refractivity contribution in [2.24, 2.45) is 5.10 Å². The van der Waals surface area contributed by atoms with Crippen LogP contribution in [0.15, 0.2) is 118 Å². The summed E-state index contributed by atoms with van der Waals surface area (Å²) in [6.45, 7) is 0.482. The van der Waals surface area contributed by atoms with Crippen molar-refractivity contribution in [1.29, 1.82) is 0 Å². The van der Waals surface area contributed by atoms with Gasteiger partial charge in [-0.2, -0.15) is 9.78 Å². The number of ether oxygens (including phenoxy) is 1.